The van der Waals surface area contributed by atoms with Gasteiger partial charge >= 0.3 is 12.4 Å². The van der Waals surface area contributed by atoms with Crippen LogP contribution in [0.1, 0.15) is 58.7 Å². The van der Waals surface area contributed by atoms with Gasteiger partial charge in [-0.05, 0) is 71.3 Å². The van der Waals surface area contributed by atoms with Crippen LogP contribution in [0.15, 0.2) is 67.0 Å². The topological polar surface area (TPSA) is 55.3 Å². The highest BCUT2D eigenvalue weighted by Gasteiger charge is 2.37. The molecule has 0 aliphatic rings. The first-order valence-electron chi connectivity index (χ1n) is 14.5. The first-order chi connectivity index (χ1) is 21.5. The molecule has 1 atom stereocenters. The van der Waals surface area contributed by atoms with E-state index >= 15 is 0 Å². The summed E-state index contributed by atoms with van der Waals surface area (Å²) in [6.45, 7) is 7.95. The largest absolute Gasteiger partial charge is 0.489 e. The number of rotatable bonds is 11. The van der Waals surface area contributed by atoms with Crippen LogP contribution in [0.2, 0.25) is 0 Å². The molecule has 4 aromatic rings. The summed E-state index contributed by atoms with van der Waals surface area (Å²) in [5.74, 6) is 0.917. The Morgan fingerprint density at radius 2 is 1.46 bits per heavy atom. The van der Waals surface area contributed by atoms with Crippen molar-refractivity contribution in [2.24, 2.45) is 0 Å². The highest BCUT2D eigenvalue weighted by molar-refractivity contribution is 7.84. The van der Waals surface area contributed by atoms with E-state index in [1.54, 1.807) is 11.2 Å². The highest BCUT2D eigenvalue weighted by Crippen LogP contribution is 2.37. The molecule has 0 radical (unpaired) electrons. The molecule has 12 heteroatoms. The molecule has 3 aromatic carbocycles. The number of benzene rings is 3. The molecule has 0 saturated heterocycles. The van der Waals surface area contributed by atoms with Crippen molar-refractivity contribution < 1.29 is 35.3 Å². The van der Waals surface area contributed by atoms with Crippen LogP contribution < -0.4 is 9.64 Å². The molecule has 1 heterocycles. The zero-order valence-corrected chi connectivity index (χ0v) is 26.9. The molecule has 0 aliphatic heterocycles. The van der Waals surface area contributed by atoms with Crippen molar-refractivity contribution in [3.63, 3.8) is 0 Å². The van der Waals surface area contributed by atoms with Crippen LogP contribution >= 0.6 is 0 Å². The lowest BCUT2D eigenvalue weighted by Crippen LogP contribution is -2.25. The van der Waals surface area contributed by atoms with Gasteiger partial charge in [-0.3, -0.25) is 4.21 Å². The SMILES string of the molecule is Cc1ccc(-c2cc(C(C)C)ccc2C)c(CN(Cc2cc(C(F)(F)F)cc(C(F)(F)F)c2)c2ncc(OCCS(C)=O)cn2)c1. The Bertz CT molecular complexity index is 1660. The molecule has 0 N–H and O–H groups in total. The van der Waals surface area contributed by atoms with Crippen LogP contribution in [0.5, 0.6) is 5.75 Å². The summed E-state index contributed by atoms with van der Waals surface area (Å²) in [5.41, 5.74) is 2.71. The molecular formula is C34H35F6N3O2S. The maximum Gasteiger partial charge on any atom is 0.416 e. The Morgan fingerprint density at radius 1 is 0.826 bits per heavy atom. The number of anilines is 1. The molecule has 4 rings (SSSR count). The first-order valence-corrected chi connectivity index (χ1v) is 16.2. The van der Waals surface area contributed by atoms with Crippen LogP contribution in [0, 0.1) is 13.8 Å². The lowest BCUT2D eigenvalue weighted by atomic mass is 9.90. The summed E-state index contributed by atoms with van der Waals surface area (Å²) >= 11 is 0. The summed E-state index contributed by atoms with van der Waals surface area (Å²) in [4.78, 5) is 10.3. The molecule has 1 aromatic heterocycles. The van der Waals surface area contributed by atoms with Crippen molar-refractivity contribution in [2.45, 2.75) is 59.1 Å². The highest BCUT2D eigenvalue weighted by atomic mass is 32.2. The van der Waals surface area contributed by atoms with Crippen molar-refractivity contribution in [1.29, 1.82) is 0 Å². The fourth-order valence-corrected chi connectivity index (χ4v) is 5.28. The van der Waals surface area contributed by atoms with Crippen LogP contribution in [-0.4, -0.2) is 32.8 Å². The van der Waals surface area contributed by atoms with E-state index in [-0.39, 0.29) is 48.9 Å². The van der Waals surface area contributed by atoms with Crippen molar-refractivity contribution in [3.05, 3.63) is 106 Å². The van der Waals surface area contributed by atoms with Gasteiger partial charge in [0.25, 0.3) is 0 Å². The molecule has 0 spiro atoms. The van der Waals surface area contributed by atoms with Crippen LogP contribution in [-0.2, 0) is 36.2 Å². The number of hydrogen-bond acceptors (Lipinski definition) is 5. The minimum Gasteiger partial charge on any atom is -0.489 e. The standard InChI is InChI=1S/C34H35F6N3O2S/c1-21(2)25-8-7-23(4)31(15-25)30-9-6-22(3)12-26(30)20-43(32-41-17-29(18-42-32)45-10-11-46(5)44)19-24-13-27(33(35,36)37)16-28(14-24)34(38,39)40/h6-9,12-18,21H,10-11,19-20H2,1-5H3. The van der Waals surface area contributed by atoms with E-state index in [1.807, 2.05) is 38.1 Å². The number of aryl methyl sites for hydroxylation is 2. The second-order valence-corrected chi connectivity index (χ2v) is 13.1. The van der Waals surface area contributed by atoms with Gasteiger partial charge in [-0.2, -0.15) is 26.3 Å². The van der Waals surface area contributed by atoms with E-state index in [9.17, 15) is 30.6 Å². The fraction of sp³-hybridized carbons (Fsp3) is 0.353. The maximum atomic E-state index is 13.7. The molecule has 0 fully saturated rings. The van der Waals surface area contributed by atoms with E-state index in [0.29, 0.717) is 5.75 Å². The Labute approximate surface area is 267 Å². The lowest BCUT2D eigenvalue weighted by Gasteiger charge is -2.26. The zero-order valence-electron chi connectivity index (χ0n) is 26.1. The Hall–Kier alpha value is -3.93. The summed E-state index contributed by atoms with van der Waals surface area (Å²) in [7, 11) is -1.07. The van der Waals surface area contributed by atoms with E-state index in [4.69, 9.17) is 4.74 Å². The third kappa shape index (κ3) is 9.08. The minimum absolute atomic E-state index is 0.0783. The van der Waals surface area contributed by atoms with E-state index in [1.165, 1.54) is 12.4 Å². The van der Waals surface area contributed by atoms with Crippen molar-refractivity contribution >= 4 is 16.7 Å². The second-order valence-electron chi connectivity index (χ2n) is 11.5. The number of ether oxygens (including phenoxy) is 1. The van der Waals surface area contributed by atoms with Crippen molar-refractivity contribution in [3.8, 4) is 16.9 Å². The molecule has 5 nitrogen and oxygen atoms in total. The summed E-state index contributed by atoms with van der Waals surface area (Å²) in [6.07, 6.45) is -5.69. The van der Waals surface area contributed by atoms with Crippen molar-refractivity contribution in [1.82, 2.24) is 9.97 Å². The molecule has 0 amide bonds. The van der Waals surface area contributed by atoms with Gasteiger partial charge in [0.2, 0.25) is 5.95 Å². The Morgan fingerprint density at radius 3 is 2.02 bits per heavy atom. The quantitative estimate of drug-likeness (QED) is 0.150. The molecule has 0 saturated carbocycles. The molecule has 46 heavy (non-hydrogen) atoms. The summed E-state index contributed by atoms with van der Waals surface area (Å²) < 4.78 is 99.2. The van der Waals surface area contributed by atoms with Gasteiger partial charge in [0, 0.05) is 30.1 Å². The number of aromatic nitrogens is 2. The van der Waals surface area contributed by atoms with E-state index in [2.05, 4.69) is 35.9 Å². The average molecular weight is 664 g/mol. The predicted molar refractivity (Wildman–Crippen MR) is 168 cm³/mol. The van der Waals surface area contributed by atoms with Crippen LogP contribution in [0.4, 0.5) is 32.3 Å². The third-order valence-corrected chi connectivity index (χ3v) is 8.14. The molecule has 0 aliphatic carbocycles. The number of halogens is 6. The van der Waals surface area contributed by atoms with Gasteiger partial charge in [-0.1, -0.05) is 55.8 Å². The van der Waals surface area contributed by atoms with Crippen LogP contribution in [0.25, 0.3) is 11.1 Å². The monoisotopic (exact) mass is 663 g/mol. The normalized spacial score (nSPS) is 12.8. The van der Waals surface area contributed by atoms with Crippen LogP contribution in [0.3, 0.4) is 0 Å². The zero-order chi connectivity index (χ0) is 33.8. The third-order valence-electron chi connectivity index (χ3n) is 7.40. The smallest absolute Gasteiger partial charge is 0.416 e. The molecule has 0 bridgehead atoms. The Balaban J connectivity index is 1.81. The summed E-state index contributed by atoms with van der Waals surface area (Å²) in [6, 6.07) is 13.6. The van der Waals surface area contributed by atoms with Gasteiger partial charge in [0.05, 0.1) is 35.9 Å². The average Bonchev–Trinajstić information content (AvgIpc) is 2.96. The van der Waals surface area contributed by atoms with Gasteiger partial charge in [-0.25, -0.2) is 9.97 Å². The fourth-order valence-electron chi connectivity index (χ4n) is 4.96. The first kappa shape index (κ1) is 34.9. The maximum absolute atomic E-state index is 13.7. The molecule has 246 valence electrons. The predicted octanol–water partition coefficient (Wildman–Crippen LogP) is 8.89. The second kappa shape index (κ2) is 14.2. The molecular weight excluding hydrogens is 628 g/mol. The minimum atomic E-state index is -4.98. The summed E-state index contributed by atoms with van der Waals surface area (Å²) in [5, 5.41) is 0. The van der Waals surface area contributed by atoms with Gasteiger partial charge in [0.15, 0.2) is 5.75 Å². The number of hydrogen-bond donors (Lipinski definition) is 0. The Kier molecular flexibility index (Phi) is 10.8. The van der Waals surface area contributed by atoms with Gasteiger partial charge in [-0.15, -0.1) is 0 Å². The number of alkyl halides is 6. The van der Waals surface area contributed by atoms with Gasteiger partial charge in [0.1, 0.15) is 0 Å². The van der Waals surface area contributed by atoms with Crippen molar-refractivity contribution in [2.75, 3.05) is 23.5 Å². The number of nitrogens with zero attached hydrogens (tertiary/aromatic N) is 3. The molecule has 1 unspecified atom stereocenters. The van der Waals surface area contributed by atoms with E-state index in [0.717, 1.165) is 45.5 Å². The van der Waals surface area contributed by atoms with E-state index < -0.39 is 34.3 Å². The van der Waals surface area contributed by atoms with Gasteiger partial charge < -0.3 is 9.64 Å². The lowest BCUT2D eigenvalue weighted by molar-refractivity contribution is -0.143.